The van der Waals surface area contributed by atoms with Crippen LogP contribution >= 0.6 is 11.6 Å². The molecule has 0 amide bonds. The number of carbonyl (C=O) groups is 2. The Kier molecular flexibility index (Phi) is 4.76. The molecule has 25 heavy (non-hydrogen) atoms. The van der Waals surface area contributed by atoms with Gasteiger partial charge in [0.15, 0.2) is 6.10 Å². The molecule has 0 fully saturated rings. The molecule has 0 aliphatic carbocycles. The van der Waals surface area contributed by atoms with Crippen molar-refractivity contribution in [3.8, 4) is 0 Å². The third kappa shape index (κ3) is 3.51. The van der Waals surface area contributed by atoms with Gasteiger partial charge < -0.3 is 14.8 Å². The van der Waals surface area contributed by atoms with Crippen LogP contribution in [0.4, 0.5) is 5.69 Å². The van der Waals surface area contributed by atoms with E-state index < -0.39 is 18.0 Å². The van der Waals surface area contributed by atoms with Crippen LogP contribution in [0.15, 0.2) is 59.8 Å². The average molecular weight is 358 g/mol. The van der Waals surface area contributed by atoms with Crippen LogP contribution in [0, 0.1) is 6.92 Å². The minimum atomic E-state index is -0.810. The summed E-state index contributed by atoms with van der Waals surface area (Å²) in [5.74, 6) is -1.23. The molecule has 1 heterocycles. The van der Waals surface area contributed by atoms with E-state index in [4.69, 9.17) is 21.1 Å². The highest BCUT2D eigenvalue weighted by Gasteiger charge is 2.40. The number of ether oxygens (including phenoxy) is 2. The number of benzene rings is 2. The molecule has 2 aromatic rings. The van der Waals surface area contributed by atoms with Gasteiger partial charge in [0.1, 0.15) is 11.3 Å². The van der Waals surface area contributed by atoms with Crippen molar-refractivity contribution < 1.29 is 19.1 Å². The molecule has 0 aromatic heterocycles. The highest BCUT2D eigenvalue weighted by Crippen LogP contribution is 2.36. The summed E-state index contributed by atoms with van der Waals surface area (Å²) in [6, 6.07) is 14.2. The molecule has 128 valence electrons. The highest BCUT2D eigenvalue weighted by molar-refractivity contribution is 6.30. The third-order valence-electron chi connectivity index (χ3n) is 3.86. The van der Waals surface area contributed by atoms with Crippen LogP contribution in [0.2, 0.25) is 5.02 Å². The van der Waals surface area contributed by atoms with Gasteiger partial charge in [0, 0.05) is 10.7 Å². The Bertz CT molecular complexity index is 841. The Labute approximate surface area is 150 Å². The normalized spacial score (nSPS) is 16.6. The van der Waals surface area contributed by atoms with Gasteiger partial charge in [0.2, 0.25) is 0 Å². The lowest BCUT2D eigenvalue weighted by Gasteiger charge is -2.13. The van der Waals surface area contributed by atoms with E-state index in [2.05, 4.69) is 5.32 Å². The van der Waals surface area contributed by atoms with E-state index in [0.29, 0.717) is 16.3 Å². The Morgan fingerprint density at radius 2 is 1.76 bits per heavy atom. The molecule has 3 rings (SSSR count). The number of aryl methyl sites for hydroxylation is 1. The summed E-state index contributed by atoms with van der Waals surface area (Å²) in [4.78, 5) is 24.6. The molecule has 0 saturated carbocycles. The van der Waals surface area contributed by atoms with Crippen molar-refractivity contribution in [1.29, 1.82) is 0 Å². The molecule has 0 spiro atoms. The van der Waals surface area contributed by atoms with Crippen molar-refractivity contribution in [3.05, 3.63) is 76.0 Å². The quantitative estimate of drug-likeness (QED) is 0.843. The van der Waals surface area contributed by atoms with Gasteiger partial charge in [-0.2, -0.15) is 0 Å². The van der Waals surface area contributed by atoms with E-state index in [1.165, 1.54) is 7.11 Å². The molecule has 0 radical (unpaired) electrons. The summed E-state index contributed by atoms with van der Waals surface area (Å²) in [6.45, 7) is 1.95. The summed E-state index contributed by atoms with van der Waals surface area (Å²) in [5.41, 5.74) is 2.59. The van der Waals surface area contributed by atoms with Crippen LogP contribution in [-0.4, -0.2) is 19.0 Å². The van der Waals surface area contributed by atoms with Crippen molar-refractivity contribution in [3.63, 3.8) is 0 Å². The van der Waals surface area contributed by atoms with Gasteiger partial charge in [-0.1, -0.05) is 41.4 Å². The van der Waals surface area contributed by atoms with E-state index in [0.717, 1.165) is 5.56 Å². The number of carbonyl (C=O) groups excluding carboxylic acids is 2. The van der Waals surface area contributed by atoms with Crippen molar-refractivity contribution in [2.75, 3.05) is 12.4 Å². The van der Waals surface area contributed by atoms with Gasteiger partial charge in [-0.05, 0) is 36.8 Å². The third-order valence-corrected chi connectivity index (χ3v) is 4.11. The molecule has 0 bridgehead atoms. The van der Waals surface area contributed by atoms with Gasteiger partial charge in [-0.15, -0.1) is 0 Å². The second kappa shape index (κ2) is 6.99. The fraction of sp³-hybridized carbons (Fsp3) is 0.158. The number of rotatable bonds is 4. The lowest BCUT2D eigenvalue weighted by molar-refractivity contribution is -0.141. The zero-order valence-electron chi connectivity index (χ0n) is 13.7. The molecule has 1 atom stereocenters. The van der Waals surface area contributed by atoms with Crippen LogP contribution in [0.25, 0.3) is 0 Å². The van der Waals surface area contributed by atoms with E-state index in [1.54, 1.807) is 24.3 Å². The molecule has 1 aliphatic heterocycles. The molecule has 1 unspecified atom stereocenters. The maximum Gasteiger partial charge on any atom is 0.356 e. The predicted octanol–water partition coefficient (Wildman–Crippen LogP) is 3.79. The summed E-state index contributed by atoms with van der Waals surface area (Å²) in [5, 5.41) is 3.51. The van der Waals surface area contributed by atoms with Crippen LogP contribution in [0.1, 0.15) is 17.2 Å². The Hall–Kier alpha value is -2.79. The van der Waals surface area contributed by atoms with Gasteiger partial charge in [0.25, 0.3) is 0 Å². The van der Waals surface area contributed by atoms with E-state index in [9.17, 15) is 9.59 Å². The largest absolute Gasteiger partial charge is 0.465 e. The Balaban J connectivity index is 2.01. The summed E-state index contributed by atoms with van der Waals surface area (Å²) < 4.78 is 10.3. The van der Waals surface area contributed by atoms with E-state index in [1.807, 2.05) is 31.2 Å². The van der Waals surface area contributed by atoms with Gasteiger partial charge in [0.05, 0.1) is 7.11 Å². The zero-order valence-corrected chi connectivity index (χ0v) is 14.5. The first-order chi connectivity index (χ1) is 12.0. The Morgan fingerprint density at radius 1 is 1.12 bits per heavy atom. The number of esters is 2. The first kappa shape index (κ1) is 17.0. The lowest BCUT2D eigenvalue weighted by Crippen LogP contribution is -2.14. The zero-order chi connectivity index (χ0) is 18.0. The number of hydrogen-bond donors (Lipinski definition) is 1. The van der Waals surface area contributed by atoms with E-state index >= 15 is 0 Å². The first-order valence-electron chi connectivity index (χ1n) is 7.62. The molecule has 1 aliphatic rings. The molecule has 6 heteroatoms. The van der Waals surface area contributed by atoms with Gasteiger partial charge >= 0.3 is 11.9 Å². The molecule has 1 N–H and O–H groups in total. The average Bonchev–Trinajstić information content (AvgIpc) is 2.93. The number of anilines is 1. The van der Waals surface area contributed by atoms with Crippen LogP contribution in [0.5, 0.6) is 0 Å². The summed E-state index contributed by atoms with van der Waals surface area (Å²) >= 11 is 5.87. The number of methoxy groups -OCH3 is 1. The maximum atomic E-state index is 12.4. The summed E-state index contributed by atoms with van der Waals surface area (Å²) in [6.07, 6.45) is -0.810. The maximum absolute atomic E-state index is 12.4. The van der Waals surface area contributed by atoms with Crippen LogP contribution in [0.3, 0.4) is 0 Å². The van der Waals surface area contributed by atoms with Crippen molar-refractivity contribution in [1.82, 2.24) is 0 Å². The predicted molar refractivity (Wildman–Crippen MR) is 94.1 cm³/mol. The second-order valence-corrected chi connectivity index (χ2v) is 6.04. The number of halogens is 1. The lowest BCUT2D eigenvalue weighted by atomic mass is 10.0. The monoisotopic (exact) mass is 357 g/mol. The fourth-order valence-electron chi connectivity index (χ4n) is 2.56. The van der Waals surface area contributed by atoms with Gasteiger partial charge in [-0.3, -0.25) is 0 Å². The van der Waals surface area contributed by atoms with E-state index in [-0.39, 0.29) is 11.3 Å². The smallest absolute Gasteiger partial charge is 0.356 e. The molecule has 2 aromatic carbocycles. The molecular weight excluding hydrogens is 342 g/mol. The minimum Gasteiger partial charge on any atom is -0.465 e. The molecule has 5 nitrogen and oxygen atoms in total. The first-order valence-corrected chi connectivity index (χ1v) is 8.00. The minimum absolute atomic E-state index is 0.0692. The van der Waals surface area contributed by atoms with Crippen molar-refractivity contribution in [2.24, 2.45) is 0 Å². The van der Waals surface area contributed by atoms with Gasteiger partial charge in [-0.25, -0.2) is 9.59 Å². The highest BCUT2D eigenvalue weighted by atomic mass is 35.5. The SMILES string of the molecule is COC(=O)C1=C(Nc2ccc(Cl)cc2)C(=O)OC1c1ccc(C)cc1. The van der Waals surface area contributed by atoms with Crippen molar-refractivity contribution >= 4 is 29.2 Å². The van der Waals surface area contributed by atoms with Crippen LogP contribution in [-0.2, 0) is 19.1 Å². The topological polar surface area (TPSA) is 64.6 Å². The summed E-state index contributed by atoms with van der Waals surface area (Å²) in [7, 11) is 1.27. The fourth-order valence-corrected chi connectivity index (χ4v) is 2.68. The number of hydrogen-bond acceptors (Lipinski definition) is 5. The van der Waals surface area contributed by atoms with Crippen LogP contribution < -0.4 is 5.32 Å². The molecule has 0 saturated heterocycles. The van der Waals surface area contributed by atoms with Crippen molar-refractivity contribution in [2.45, 2.75) is 13.0 Å². The second-order valence-electron chi connectivity index (χ2n) is 5.61. The number of cyclic esters (lactones) is 1. The number of nitrogens with one attached hydrogen (secondary N) is 1. The molecular formula is C19H16ClNO4. The Morgan fingerprint density at radius 3 is 2.36 bits per heavy atom. The standard InChI is InChI=1S/C19H16ClNO4/c1-11-3-5-12(6-4-11)17-15(18(22)24-2)16(19(23)25-17)21-14-9-7-13(20)8-10-14/h3-10,17,21H,1-2H3.